The van der Waals surface area contributed by atoms with Gasteiger partial charge in [0.15, 0.2) is 0 Å². The van der Waals surface area contributed by atoms with Crippen LogP contribution in [0.5, 0.6) is 0 Å². The molecule has 0 heterocycles. The number of rotatable bonds is 4. The van der Waals surface area contributed by atoms with E-state index in [1.165, 1.54) is 18.2 Å². The Morgan fingerprint density at radius 1 is 1.20 bits per heavy atom. The fourth-order valence-electron chi connectivity index (χ4n) is 1.71. The monoisotopic (exact) mass is 291 g/mol. The Balaban J connectivity index is 2.07. The van der Waals surface area contributed by atoms with Crippen molar-refractivity contribution in [2.75, 3.05) is 5.32 Å². The second-order valence-electron chi connectivity index (χ2n) is 4.17. The number of carbonyl (C=O) groups excluding carboxylic acids is 2. The SMILES string of the molecule is O=Cc1ccc(NC(=O)Cc2c(F)cccc2Cl)cc1. The van der Waals surface area contributed by atoms with E-state index in [2.05, 4.69) is 5.32 Å². The van der Waals surface area contributed by atoms with Crippen molar-refractivity contribution >= 4 is 29.5 Å². The Morgan fingerprint density at radius 2 is 1.90 bits per heavy atom. The van der Waals surface area contributed by atoms with Crippen LogP contribution in [0.1, 0.15) is 15.9 Å². The zero-order valence-electron chi connectivity index (χ0n) is 10.4. The first-order valence-electron chi connectivity index (χ1n) is 5.88. The summed E-state index contributed by atoms with van der Waals surface area (Å²) in [6.07, 6.45) is 0.561. The van der Waals surface area contributed by atoms with Gasteiger partial charge in [-0.25, -0.2) is 4.39 Å². The molecule has 102 valence electrons. The number of benzene rings is 2. The van der Waals surface area contributed by atoms with E-state index in [1.807, 2.05) is 0 Å². The first-order chi connectivity index (χ1) is 9.60. The highest BCUT2D eigenvalue weighted by atomic mass is 35.5. The van der Waals surface area contributed by atoms with Crippen molar-refractivity contribution in [1.29, 1.82) is 0 Å². The summed E-state index contributed by atoms with van der Waals surface area (Å²) in [7, 11) is 0. The van der Waals surface area contributed by atoms with Gasteiger partial charge in [-0.15, -0.1) is 0 Å². The largest absolute Gasteiger partial charge is 0.326 e. The van der Waals surface area contributed by atoms with Crippen LogP contribution in [0.4, 0.5) is 10.1 Å². The molecule has 0 fully saturated rings. The van der Waals surface area contributed by atoms with Crippen molar-refractivity contribution in [3.8, 4) is 0 Å². The summed E-state index contributed by atoms with van der Waals surface area (Å²) in [5.74, 6) is -0.889. The van der Waals surface area contributed by atoms with Crippen LogP contribution in [-0.2, 0) is 11.2 Å². The lowest BCUT2D eigenvalue weighted by atomic mass is 10.1. The van der Waals surface area contributed by atoms with Crippen LogP contribution in [0.2, 0.25) is 5.02 Å². The molecular weight excluding hydrogens is 281 g/mol. The fraction of sp³-hybridized carbons (Fsp3) is 0.0667. The first kappa shape index (κ1) is 14.2. The predicted molar refractivity (Wildman–Crippen MR) is 75.6 cm³/mol. The number of nitrogens with one attached hydrogen (secondary N) is 1. The van der Waals surface area contributed by atoms with E-state index in [1.54, 1.807) is 24.3 Å². The van der Waals surface area contributed by atoms with E-state index in [-0.39, 0.29) is 22.9 Å². The lowest BCUT2D eigenvalue weighted by Gasteiger charge is -2.07. The second kappa shape index (κ2) is 6.30. The molecule has 20 heavy (non-hydrogen) atoms. The molecule has 3 nitrogen and oxygen atoms in total. The van der Waals surface area contributed by atoms with Crippen LogP contribution >= 0.6 is 11.6 Å². The average molecular weight is 292 g/mol. The van der Waals surface area contributed by atoms with Gasteiger partial charge in [-0.2, -0.15) is 0 Å². The van der Waals surface area contributed by atoms with Crippen molar-refractivity contribution in [1.82, 2.24) is 0 Å². The number of anilines is 1. The fourth-order valence-corrected chi connectivity index (χ4v) is 1.94. The standard InChI is InChI=1S/C15H11ClFNO2/c16-13-2-1-3-14(17)12(13)8-15(20)18-11-6-4-10(9-19)5-7-11/h1-7,9H,8H2,(H,18,20). The molecule has 2 aromatic carbocycles. The zero-order valence-corrected chi connectivity index (χ0v) is 11.2. The highest BCUT2D eigenvalue weighted by Crippen LogP contribution is 2.20. The summed E-state index contributed by atoms with van der Waals surface area (Å²) in [6, 6.07) is 10.6. The highest BCUT2D eigenvalue weighted by Gasteiger charge is 2.11. The quantitative estimate of drug-likeness (QED) is 0.877. The molecule has 2 aromatic rings. The van der Waals surface area contributed by atoms with Gasteiger partial charge in [-0.1, -0.05) is 17.7 Å². The smallest absolute Gasteiger partial charge is 0.228 e. The summed E-state index contributed by atoms with van der Waals surface area (Å²) >= 11 is 5.86. The van der Waals surface area contributed by atoms with E-state index < -0.39 is 5.82 Å². The van der Waals surface area contributed by atoms with E-state index in [4.69, 9.17) is 11.6 Å². The molecule has 0 radical (unpaired) electrons. The van der Waals surface area contributed by atoms with E-state index in [9.17, 15) is 14.0 Å². The van der Waals surface area contributed by atoms with Gasteiger partial charge in [0, 0.05) is 21.8 Å². The summed E-state index contributed by atoms with van der Waals surface area (Å²) in [6.45, 7) is 0. The summed E-state index contributed by atoms with van der Waals surface area (Å²) in [5.41, 5.74) is 1.21. The molecule has 0 bridgehead atoms. The van der Waals surface area contributed by atoms with Crippen molar-refractivity contribution in [3.05, 3.63) is 64.4 Å². The molecule has 5 heteroatoms. The van der Waals surface area contributed by atoms with Gasteiger partial charge in [0.2, 0.25) is 5.91 Å². The molecule has 0 aliphatic heterocycles. The van der Waals surface area contributed by atoms with Gasteiger partial charge in [0.25, 0.3) is 0 Å². The predicted octanol–water partition coefficient (Wildman–Crippen LogP) is 3.47. The molecule has 2 rings (SSSR count). The van der Waals surface area contributed by atoms with Crippen LogP contribution in [0.15, 0.2) is 42.5 Å². The lowest BCUT2D eigenvalue weighted by molar-refractivity contribution is -0.115. The number of aldehydes is 1. The van der Waals surface area contributed by atoms with Gasteiger partial charge >= 0.3 is 0 Å². The van der Waals surface area contributed by atoms with Crippen molar-refractivity contribution in [2.45, 2.75) is 6.42 Å². The van der Waals surface area contributed by atoms with Crippen molar-refractivity contribution in [3.63, 3.8) is 0 Å². The van der Waals surface area contributed by atoms with Gasteiger partial charge in [0.1, 0.15) is 12.1 Å². The molecular formula is C15H11ClFNO2. The number of halogens is 2. The van der Waals surface area contributed by atoms with E-state index >= 15 is 0 Å². The number of hydrogen-bond donors (Lipinski definition) is 1. The summed E-state index contributed by atoms with van der Waals surface area (Å²) in [5, 5.41) is 2.83. The number of carbonyl (C=O) groups is 2. The third kappa shape index (κ3) is 3.42. The maximum absolute atomic E-state index is 13.5. The van der Waals surface area contributed by atoms with Crippen LogP contribution in [0, 0.1) is 5.82 Å². The van der Waals surface area contributed by atoms with Crippen LogP contribution in [-0.4, -0.2) is 12.2 Å². The molecule has 0 unspecified atom stereocenters. The first-order valence-corrected chi connectivity index (χ1v) is 6.26. The summed E-state index contributed by atoms with van der Waals surface area (Å²) < 4.78 is 13.5. The van der Waals surface area contributed by atoms with Crippen LogP contribution < -0.4 is 5.32 Å². The molecule has 0 atom stereocenters. The average Bonchev–Trinajstić information content (AvgIpc) is 2.44. The minimum Gasteiger partial charge on any atom is -0.326 e. The van der Waals surface area contributed by atoms with Gasteiger partial charge in [0.05, 0.1) is 6.42 Å². The van der Waals surface area contributed by atoms with Gasteiger partial charge < -0.3 is 5.32 Å². The summed E-state index contributed by atoms with van der Waals surface area (Å²) in [4.78, 5) is 22.3. The molecule has 0 aromatic heterocycles. The molecule has 0 saturated heterocycles. The number of amides is 1. The zero-order chi connectivity index (χ0) is 14.5. The molecule has 0 aliphatic carbocycles. The minimum atomic E-state index is -0.510. The van der Waals surface area contributed by atoms with Gasteiger partial charge in [-0.05, 0) is 36.4 Å². The second-order valence-corrected chi connectivity index (χ2v) is 4.57. The molecule has 0 aliphatic rings. The highest BCUT2D eigenvalue weighted by molar-refractivity contribution is 6.31. The van der Waals surface area contributed by atoms with Crippen LogP contribution in [0.25, 0.3) is 0 Å². The number of hydrogen-bond acceptors (Lipinski definition) is 2. The molecule has 1 N–H and O–H groups in total. The third-order valence-corrected chi connectivity index (χ3v) is 3.08. The van der Waals surface area contributed by atoms with Crippen molar-refractivity contribution in [2.24, 2.45) is 0 Å². The Kier molecular flexibility index (Phi) is 4.48. The van der Waals surface area contributed by atoms with Crippen molar-refractivity contribution < 1.29 is 14.0 Å². The molecule has 1 amide bonds. The Morgan fingerprint density at radius 3 is 2.50 bits per heavy atom. The van der Waals surface area contributed by atoms with E-state index in [0.29, 0.717) is 17.5 Å². The normalized spacial score (nSPS) is 10.1. The Bertz CT molecular complexity index is 621. The topological polar surface area (TPSA) is 46.2 Å². The molecule has 0 saturated carbocycles. The maximum atomic E-state index is 13.5. The lowest BCUT2D eigenvalue weighted by Crippen LogP contribution is -2.15. The maximum Gasteiger partial charge on any atom is 0.228 e. The third-order valence-electron chi connectivity index (χ3n) is 2.73. The molecule has 0 spiro atoms. The van der Waals surface area contributed by atoms with Gasteiger partial charge in [-0.3, -0.25) is 9.59 Å². The Labute approximate surface area is 120 Å². The minimum absolute atomic E-state index is 0.152. The van der Waals surface area contributed by atoms with E-state index in [0.717, 1.165) is 0 Å². The Hall–Kier alpha value is -2.20. The van der Waals surface area contributed by atoms with Crippen LogP contribution in [0.3, 0.4) is 0 Å².